The Bertz CT molecular complexity index is 790. The van der Waals surface area contributed by atoms with Crippen LogP contribution in [0.5, 0.6) is 0 Å². The minimum absolute atomic E-state index is 0.0157. The predicted octanol–water partition coefficient (Wildman–Crippen LogP) is 4.02. The molecular weight excluding hydrogens is 340 g/mol. The summed E-state index contributed by atoms with van der Waals surface area (Å²) in [6.45, 7) is 0.880. The summed E-state index contributed by atoms with van der Waals surface area (Å²) in [5.74, 6) is 0.656. The van der Waals surface area contributed by atoms with Gasteiger partial charge in [-0.25, -0.2) is 0 Å². The van der Waals surface area contributed by atoms with Gasteiger partial charge in [0.15, 0.2) is 0 Å². The van der Waals surface area contributed by atoms with Crippen LogP contribution in [0.15, 0.2) is 63.9 Å². The third-order valence-electron chi connectivity index (χ3n) is 3.74. The summed E-state index contributed by atoms with van der Waals surface area (Å²) in [6.07, 6.45) is 1.77. The quantitative estimate of drug-likeness (QED) is 0.473. The molecule has 2 aromatic heterocycles. The van der Waals surface area contributed by atoms with E-state index < -0.39 is 4.92 Å². The topological polar surface area (TPSA) is 76.6 Å². The van der Waals surface area contributed by atoms with E-state index in [-0.39, 0.29) is 18.0 Å². The second-order valence-electron chi connectivity index (χ2n) is 5.56. The van der Waals surface area contributed by atoms with Crippen molar-refractivity contribution in [2.24, 2.45) is 0 Å². The third-order valence-corrected chi connectivity index (χ3v) is 4.47. The predicted molar refractivity (Wildman–Crippen MR) is 94.1 cm³/mol. The highest BCUT2D eigenvalue weighted by atomic mass is 32.1. The summed E-state index contributed by atoms with van der Waals surface area (Å²) in [5.41, 5.74) is 1.82. The zero-order chi connectivity index (χ0) is 17.6. The van der Waals surface area contributed by atoms with E-state index in [2.05, 4.69) is 0 Å². The molecule has 0 unspecified atom stereocenters. The van der Waals surface area contributed by atoms with Gasteiger partial charge in [0.1, 0.15) is 5.76 Å². The number of amides is 1. The van der Waals surface area contributed by atoms with Crippen LogP contribution in [-0.4, -0.2) is 15.7 Å². The van der Waals surface area contributed by atoms with Crippen molar-refractivity contribution >= 4 is 22.9 Å². The molecule has 7 heteroatoms. The summed E-state index contributed by atoms with van der Waals surface area (Å²) in [6, 6.07) is 11.7. The smallest absolute Gasteiger partial charge is 0.269 e. The first-order valence-corrected chi connectivity index (χ1v) is 8.60. The number of nitro benzene ring substituents is 1. The van der Waals surface area contributed by atoms with Gasteiger partial charge < -0.3 is 9.32 Å². The Labute approximate surface area is 148 Å². The van der Waals surface area contributed by atoms with E-state index >= 15 is 0 Å². The highest BCUT2D eigenvalue weighted by molar-refractivity contribution is 7.07. The van der Waals surface area contributed by atoms with Crippen LogP contribution in [0.4, 0.5) is 5.69 Å². The van der Waals surface area contributed by atoms with E-state index in [1.54, 1.807) is 40.7 Å². The van der Waals surface area contributed by atoms with Gasteiger partial charge in [0, 0.05) is 18.7 Å². The van der Waals surface area contributed by atoms with Gasteiger partial charge in [-0.3, -0.25) is 14.9 Å². The Kier molecular flexibility index (Phi) is 5.25. The van der Waals surface area contributed by atoms with Crippen molar-refractivity contribution in [3.63, 3.8) is 0 Å². The number of thiophene rings is 1. The van der Waals surface area contributed by atoms with Gasteiger partial charge in [-0.2, -0.15) is 11.3 Å². The Morgan fingerprint density at radius 3 is 2.52 bits per heavy atom. The van der Waals surface area contributed by atoms with Crippen LogP contribution in [0.3, 0.4) is 0 Å². The molecule has 0 aliphatic rings. The highest BCUT2D eigenvalue weighted by Crippen LogP contribution is 2.17. The summed E-state index contributed by atoms with van der Waals surface area (Å²) >= 11 is 1.58. The lowest BCUT2D eigenvalue weighted by Gasteiger charge is -2.21. The van der Waals surface area contributed by atoms with Crippen LogP contribution in [0.2, 0.25) is 0 Å². The fourth-order valence-corrected chi connectivity index (χ4v) is 3.11. The SMILES string of the molecule is O=C(Cc1ccc([N+](=O)[O-])cc1)N(Cc1ccsc1)Cc1ccco1. The monoisotopic (exact) mass is 356 g/mol. The molecule has 0 saturated carbocycles. The fourth-order valence-electron chi connectivity index (χ4n) is 2.45. The molecule has 6 nitrogen and oxygen atoms in total. The van der Waals surface area contributed by atoms with E-state index in [0.29, 0.717) is 18.8 Å². The number of rotatable bonds is 7. The van der Waals surface area contributed by atoms with Crippen LogP contribution in [-0.2, 0) is 24.3 Å². The summed E-state index contributed by atoms with van der Waals surface area (Å²) in [4.78, 5) is 24.7. The molecule has 0 spiro atoms. The number of nitrogens with zero attached hydrogens (tertiary/aromatic N) is 2. The van der Waals surface area contributed by atoms with E-state index in [1.807, 2.05) is 22.9 Å². The zero-order valence-corrected chi connectivity index (χ0v) is 14.1. The molecular formula is C18H16N2O4S. The second kappa shape index (κ2) is 7.76. The lowest BCUT2D eigenvalue weighted by atomic mass is 10.1. The summed E-state index contributed by atoms with van der Waals surface area (Å²) in [7, 11) is 0. The van der Waals surface area contributed by atoms with Crippen molar-refractivity contribution in [2.45, 2.75) is 19.5 Å². The van der Waals surface area contributed by atoms with Crippen LogP contribution in [0.1, 0.15) is 16.9 Å². The second-order valence-corrected chi connectivity index (χ2v) is 6.34. The Hall–Kier alpha value is -2.93. The van der Waals surface area contributed by atoms with Crippen molar-refractivity contribution in [1.82, 2.24) is 4.90 Å². The molecule has 25 heavy (non-hydrogen) atoms. The van der Waals surface area contributed by atoms with Crippen molar-refractivity contribution in [3.8, 4) is 0 Å². The molecule has 0 N–H and O–H groups in total. The number of non-ortho nitro benzene ring substituents is 1. The molecule has 0 aliphatic heterocycles. The molecule has 1 amide bonds. The van der Waals surface area contributed by atoms with Crippen molar-refractivity contribution < 1.29 is 14.1 Å². The van der Waals surface area contributed by atoms with E-state index in [9.17, 15) is 14.9 Å². The summed E-state index contributed by atoms with van der Waals surface area (Å²) in [5, 5.41) is 14.7. The molecule has 0 bridgehead atoms. The first-order valence-electron chi connectivity index (χ1n) is 7.66. The van der Waals surface area contributed by atoms with Gasteiger partial charge in [-0.15, -0.1) is 0 Å². The maximum absolute atomic E-state index is 12.7. The van der Waals surface area contributed by atoms with Gasteiger partial charge in [0.05, 0.1) is 24.2 Å². The number of hydrogen-bond donors (Lipinski definition) is 0. The van der Waals surface area contributed by atoms with E-state index in [0.717, 1.165) is 11.1 Å². The number of benzene rings is 1. The van der Waals surface area contributed by atoms with Gasteiger partial charge in [0.25, 0.3) is 5.69 Å². The Morgan fingerprint density at radius 1 is 1.12 bits per heavy atom. The zero-order valence-electron chi connectivity index (χ0n) is 13.3. The molecule has 0 fully saturated rings. The molecule has 0 saturated heterocycles. The first kappa shape index (κ1) is 16.9. The third kappa shape index (κ3) is 4.54. The van der Waals surface area contributed by atoms with Crippen molar-refractivity contribution in [3.05, 3.63) is 86.5 Å². The normalized spacial score (nSPS) is 10.6. The van der Waals surface area contributed by atoms with Crippen LogP contribution in [0, 0.1) is 10.1 Å². The maximum atomic E-state index is 12.7. The van der Waals surface area contributed by atoms with E-state index in [4.69, 9.17) is 4.42 Å². The van der Waals surface area contributed by atoms with Crippen LogP contribution >= 0.6 is 11.3 Å². The standard InChI is InChI=1S/C18H16N2O4S/c21-18(10-14-3-5-16(6-4-14)20(22)23)19(11-15-7-9-25-13-15)12-17-2-1-8-24-17/h1-9,13H,10-12H2. The minimum atomic E-state index is -0.453. The Morgan fingerprint density at radius 2 is 1.92 bits per heavy atom. The number of hydrogen-bond acceptors (Lipinski definition) is 5. The average molecular weight is 356 g/mol. The molecule has 0 radical (unpaired) electrons. The van der Waals surface area contributed by atoms with Gasteiger partial charge >= 0.3 is 0 Å². The fraction of sp³-hybridized carbons (Fsp3) is 0.167. The Balaban J connectivity index is 1.72. The van der Waals surface area contributed by atoms with Crippen molar-refractivity contribution in [2.75, 3.05) is 0 Å². The molecule has 0 aliphatic carbocycles. The maximum Gasteiger partial charge on any atom is 0.269 e. The molecule has 3 rings (SSSR count). The van der Waals surface area contributed by atoms with E-state index in [1.165, 1.54) is 12.1 Å². The highest BCUT2D eigenvalue weighted by Gasteiger charge is 2.17. The van der Waals surface area contributed by atoms with Crippen LogP contribution < -0.4 is 0 Å². The lowest BCUT2D eigenvalue weighted by molar-refractivity contribution is -0.384. The molecule has 3 aromatic rings. The van der Waals surface area contributed by atoms with Crippen LogP contribution in [0.25, 0.3) is 0 Å². The largest absolute Gasteiger partial charge is 0.467 e. The first-order chi connectivity index (χ1) is 12.1. The van der Waals surface area contributed by atoms with Gasteiger partial charge in [-0.05, 0) is 40.1 Å². The lowest BCUT2D eigenvalue weighted by Crippen LogP contribution is -2.31. The molecule has 0 atom stereocenters. The number of carbonyl (C=O) groups is 1. The number of furan rings is 1. The molecule has 128 valence electrons. The number of carbonyl (C=O) groups excluding carboxylic acids is 1. The summed E-state index contributed by atoms with van der Waals surface area (Å²) < 4.78 is 5.36. The van der Waals surface area contributed by atoms with Crippen molar-refractivity contribution in [1.29, 1.82) is 0 Å². The molecule has 2 heterocycles. The minimum Gasteiger partial charge on any atom is -0.467 e. The van der Waals surface area contributed by atoms with Gasteiger partial charge in [0.2, 0.25) is 5.91 Å². The van der Waals surface area contributed by atoms with Gasteiger partial charge in [-0.1, -0.05) is 12.1 Å². The molecule has 1 aromatic carbocycles. The average Bonchev–Trinajstić information content (AvgIpc) is 3.28. The number of nitro groups is 1.